The fraction of sp³-hybridized carbons (Fsp3) is 0.750. The average molecular weight is 383 g/mol. The maximum atomic E-state index is 12.7. The summed E-state index contributed by atoms with van der Waals surface area (Å²) in [6.45, 7) is 3.94. The van der Waals surface area contributed by atoms with E-state index in [2.05, 4.69) is 5.10 Å². The smallest absolute Gasteiger partial charge is 0.282 e. The van der Waals surface area contributed by atoms with Crippen molar-refractivity contribution in [2.75, 3.05) is 52.5 Å². The molecule has 0 aromatic carbocycles. The molecular formula is C16H25N5O4S. The predicted molar refractivity (Wildman–Crippen MR) is 94.0 cm³/mol. The van der Waals surface area contributed by atoms with Crippen LogP contribution in [0.4, 0.5) is 0 Å². The number of aryl methyl sites for hydroxylation is 2. The highest BCUT2D eigenvalue weighted by molar-refractivity contribution is 7.86. The summed E-state index contributed by atoms with van der Waals surface area (Å²) in [6, 6.07) is 1.89. The predicted octanol–water partition coefficient (Wildman–Crippen LogP) is -0.446. The van der Waals surface area contributed by atoms with Gasteiger partial charge in [-0.05, 0) is 25.3 Å². The number of piperazine rings is 1. The van der Waals surface area contributed by atoms with Crippen LogP contribution < -0.4 is 0 Å². The van der Waals surface area contributed by atoms with Crippen LogP contribution in [0.15, 0.2) is 6.07 Å². The second kappa shape index (κ2) is 7.26. The van der Waals surface area contributed by atoms with Gasteiger partial charge in [0.1, 0.15) is 0 Å². The Morgan fingerprint density at radius 2 is 1.65 bits per heavy atom. The molecule has 0 saturated carbocycles. The topological polar surface area (TPSA) is 88.0 Å². The molecule has 0 unspecified atom stereocenters. The van der Waals surface area contributed by atoms with Gasteiger partial charge in [0.15, 0.2) is 5.69 Å². The first-order valence-corrected chi connectivity index (χ1v) is 10.6. The van der Waals surface area contributed by atoms with Gasteiger partial charge in [-0.25, -0.2) is 0 Å². The lowest BCUT2D eigenvalue weighted by Crippen LogP contribution is -2.55. The minimum atomic E-state index is -3.47. The Labute approximate surface area is 153 Å². The molecule has 2 saturated heterocycles. The third-order valence-electron chi connectivity index (χ3n) is 5.28. The molecule has 4 rings (SSSR count). The number of carbonyl (C=O) groups is 1. The highest BCUT2D eigenvalue weighted by Crippen LogP contribution is 2.18. The van der Waals surface area contributed by atoms with Gasteiger partial charge in [0.25, 0.3) is 16.1 Å². The zero-order valence-corrected chi connectivity index (χ0v) is 15.7. The maximum Gasteiger partial charge on any atom is 0.282 e. The summed E-state index contributed by atoms with van der Waals surface area (Å²) in [6.07, 6.45) is 3.20. The number of hydrogen-bond donors (Lipinski definition) is 0. The zero-order valence-electron chi connectivity index (χ0n) is 14.8. The maximum absolute atomic E-state index is 12.7. The summed E-state index contributed by atoms with van der Waals surface area (Å²) in [7, 11) is -3.47. The monoisotopic (exact) mass is 383 g/mol. The van der Waals surface area contributed by atoms with E-state index in [1.165, 1.54) is 8.61 Å². The summed E-state index contributed by atoms with van der Waals surface area (Å²) in [4.78, 5) is 14.4. The molecule has 3 aliphatic heterocycles. The number of nitrogens with zero attached hydrogens (tertiary/aromatic N) is 5. The Hall–Kier alpha value is -1.49. The molecule has 0 aliphatic carbocycles. The van der Waals surface area contributed by atoms with E-state index in [0.717, 1.165) is 31.5 Å². The number of fused-ring (bicyclic) bond motifs is 1. The van der Waals surface area contributed by atoms with Crippen molar-refractivity contribution in [3.63, 3.8) is 0 Å². The largest absolute Gasteiger partial charge is 0.379 e. The van der Waals surface area contributed by atoms with Crippen molar-refractivity contribution in [2.45, 2.75) is 25.8 Å². The second-order valence-electron chi connectivity index (χ2n) is 6.91. The van der Waals surface area contributed by atoms with Crippen LogP contribution in [0, 0.1) is 0 Å². The van der Waals surface area contributed by atoms with Crippen molar-refractivity contribution >= 4 is 16.1 Å². The van der Waals surface area contributed by atoms with E-state index in [-0.39, 0.29) is 5.91 Å². The van der Waals surface area contributed by atoms with Crippen LogP contribution in [0.5, 0.6) is 0 Å². The Morgan fingerprint density at radius 1 is 0.962 bits per heavy atom. The molecule has 1 aromatic rings. The van der Waals surface area contributed by atoms with Crippen LogP contribution in [0.1, 0.15) is 29.0 Å². The fourth-order valence-electron chi connectivity index (χ4n) is 3.75. The number of rotatable bonds is 3. The first-order valence-electron chi connectivity index (χ1n) is 9.25. The van der Waals surface area contributed by atoms with Gasteiger partial charge in [-0.15, -0.1) is 0 Å². The van der Waals surface area contributed by atoms with E-state index < -0.39 is 10.2 Å². The fourth-order valence-corrected chi connectivity index (χ4v) is 5.31. The third kappa shape index (κ3) is 3.38. The molecule has 0 spiro atoms. The summed E-state index contributed by atoms with van der Waals surface area (Å²) >= 11 is 0. The number of ether oxygens (including phenoxy) is 1. The van der Waals surface area contributed by atoms with Crippen LogP contribution in [-0.4, -0.2) is 90.1 Å². The summed E-state index contributed by atoms with van der Waals surface area (Å²) < 4.78 is 35.5. The Kier molecular flexibility index (Phi) is 5.00. The van der Waals surface area contributed by atoms with Crippen molar-refractivity contribution in [3.8, 4) is 0 Å². The molecule has 144 valence electrons. The van der Waals surface area contributed by atoms with E-state index in [0.29, 0.717) is 58.2 Å². The number of hydrogen-bond acceptors (Lipinski definition) is 5. The van der Waals surface area contributed by atoms with Crippen molar-refractivity contribution < 1.29 is 17.9 Å². The van der Waals surface area contributed by atoms with Gasteiger partial charge in [-0.1, -0.05) is 0 Å². The molecule has 1 aromatic heterocycles. The van der Waals surface area contributed by atoms with Crippen LogP contribution in [0.3, 0.4) is 0 Å². The molecule has 2 fully saturated rings. The van der Waals surface area contributed by atoms with Gasteiger partial charge in [0, 0.05) is 51.5 Å². The SMILES string of the molecule is O=C(c1cc2n(n1)CCCC2)N1CCN(S(=O)(=O)N2CCOCC2)CC1. The van der Waals surface area contributed by atoms with Gasteiger partial charge < -0.3 is 9.64 Å². The van der Waals surface area contributed by atoms with Gasteiger partial charge in [0.05, 0.1) is 13.2 Å². The Bertz CT molecular complexity index is 740. The van der Waals surface area contributed by atoms with Crippen molar-refractivity contribution in [1.82, 2.24) is 23.3 Å². The van der Waals surface area contributed by atoms with Gasteiger partial charge in [-0.3, -0.25) is 9.48 Å². The minimum Gasteiger partial charge on any atom is -0.379 e. The summed E-state index contributed by atoms with van der Waals surface area (Å²) in [5.41, 5.74) is 1.60. The minimum absolute atomic E-state index is 0.102. The molecular weight excluding hydrogens is 358 g/mol. The van der Waals surface area contributed by atoms with Crippen LogP contribution in [0.2, 0.25) is 0 Å². The normalized spacial score (nSPS) is 23.0. The lowest BCUT2D eigenvalue weighted by atomic mass is 10.1. The summed E-state index contributed by atoms with van der Waals surface area (Å²) in [5, 5.41) is 4.44. The van der Waals surface area contributed by atoms with Crippen molar-refractivity contribution in [3.05, 3.63) is 17.5 Å². The molecule has 0 atom stereocenters. The average Bonchev–Trinajstić information content (AvgIpc) is 3.12. The molecule has 4 heterocycles. The molecule has 26 heavy (non-hydrogen) atoms. The molecule has 10 heteroatoms. The molecule has 1 amide bonds. The van der Waals surface area contributed by atoms with Gasteiger partial charge in [0.2, 0.25) is 0 Å². The third-order valence-corrected chi connectivity index (χ3v) is 7.32. The number of carbonyl (C=O) groups excluding carboxylic acids is 1. The highest BCUT2D eigenvalue weighted by Gasteiger charge is 2.34. The Balaban J connectivity index is 1.38. The van der Waals surface area contributed by atoms with Gasteiger partial charge >= 0.3 is 0 Å². The molecule has 0 N–H and O–H groups in total. The van der Waals surface area contributed by atoms with Crippen LogP contribution in [0.25, 0.3) is 0 Å². The van der Waals surface area contributed by atoms with Crippen molar-refractivity contribution in [2.24, 2.45) is 0 Å². The van der Waals surface area contributed by atoms with Crippen LogP contribution >= 0.6 is 0 Å². The molecule has 9 nitrogen and oxygen atoms in total. The molecule has 0 bridgehead atoms. The lowest BCUT2D eigenvalue weighted by Gasteiger charge is -2.37. The standard InChI is InChI=1S/C16H25N5O4S/c22-16(15-13-14-3-1-2-4-21(14)17-15)18-5-7-19(8-6-18)26(23,24)20-9-11-25-12-10-20/h13H,1-12H2. The van der Waals surface area contributed by atoms with Crippen LogP contribution in [-0.2, 0) is 27.9 Å². The zero-order chi connectivity index (χ0) is 18.1. The first kappa shape index (κ1) is 17.9. The van der Waals surface area contributed by atoms with E-state index in [1.807, 2.05) is 10.7 Å². The van der Waals surface area contributed by atoms with E-state index in [9.17, 15) is 13.2 Å². The second-order valence-corrected chi connectivity index (χ2v) is 8.84. The van der Waals surface area contributed by atoms with Gasteiger partial charge in [-0.2, -0.15) is 22.1 Å². The van der Waals surface area contributed by atoms with E-state index in [1.54, 1.807) is 4.90 Å². The molecule has 0 radical (unpaired) electrons. The number of aromatic nitrogens is 2. The first-order chi connectivity index (χ1) is 12.6. The summed E-state index contributed by atoms with van der Waals surface area (Å²) in [5.74, 6) is -0.102. The van der Waals surface area contributed by atoms with E-state index in [4.69, 9.17) is 4.74 Å². The lowest BCUT2D eigenvalue weighted by molar-refractivity contribution is 0.0633. The highest BCUT2D eigenvalue weighted by atomic mass is 32.2. The Morgan fingerprint density at radius 3 is 2.35 bits per heavy atom. The number of morpholine rings is 1. The molecule has 3 aliphatic rings. The van der Waals surface area contributed by atoms with Crippen molar-refractivity contribution in [1.29, 1.82) is 0 Å². The number of amides is 1. The quantitative estimate of drug-likeness (QED) is 0.706. The van der Waals surface area contributed by atoms with E-state index >= 15 is 0 Å².